The number of rotatable bonds is 0. The average Bonchev–Trinajstić information content (AvgIpc) is 3.86. The molecule has 2 bridgehead atoms. The first-order valence-corrected chi connectivity index (χ1v) is 17.7. The van der Waals surface area contributed by atoms with Crippen LogP contribution in [0.1, 0.15) is 86.7 Å². The van der Waals surface area contributed by atoms with Crippen LogP contribution >= 0.6 is 11.6 Å². The van der Waals surface area contributed by atoms with Crippen molar-refractivity contribution in [2.75, 3.05) is 24.6 Å². The molecule has 0 radical (unpaired) electrons. The Morgan fingerprint density at radius 1 is 1.09 bits per heavy atom. The molecule has 2 saturated carbocycles. The summed E-state index contributed by atoms with van der Waals surface area (Å²) in [6.07, 6.45) is 13.8. The highest BCUT2D eigenvalue weighted by molar-refractivity contribution is 7.84. The standard InChI is InChI=1S/C32H39ClN2O4S.C3H6/c1-20-5-3-7-29(36)26-11-8-24(26)17-35-18-32(14-4-6-22-15-25(33)10-12-27(22)32)19-39-30-13-9-23(16-28(30)35)31(37)34-40(38)21(20)2;1-2-3-1/h3,7,9-10,12-13,15-16,20-21,24,26,29,36H,4-6,8,11,14,17-19H2,1-2H3,(H,34,37);1-3H2/b7-3+;/t20?,21?,24?,26?,29?,32-,40?;/m0./s1. The Hall–Kier alpha value is -2.35. The quantitative estimate of drug-likeness (QED) is 0.317. The summed E-state index contributed by atoms with van der Waals surface area (Å²) in [6, 6.07) is 11.8. The molecule has 2 N–H and O–H groups in total. The fraction of sp³-hybridized carbons (Fsp3) is 0.571. The lowest BCUT2D eigenvalue weighted by atomic mass is 9.68. The summed E-state index contributed by atoms with van der Waals surface area (Å²) < 4.78 is 22.3. The van der Waals surface area contributed by atoms with Gasteiger partial charge in [0.2, 0.25) is 0 Å². The molecular weight excluding hydrogens is 580 g/mol. The third-order valence-electron chi connectivity index (χ3n) is 10.2. The van der Waals surface area contributed by atoms with Crippen LogP contribution in [-0.2, 0) is 22.8 Å². The van der Waals surface area contributed by atoms with E-state index >= 15 is 0 Å². The van der Waals surface area contributed by atoms with Crippen LogP contribution in [0.5, 0.6) is 5.75 Å². The lowest BCUT2D eigenvalue weighted by molar-refractivity contribution is 0.0456. The van der Waals surface area contributed by atoms with E-state index in [0.717, 1.165) is 61.7 Å². The van der Waals surface area contributed by atoms with Gasteiger partial charge in [-0.1, -0.05) is 56.0 Å². The minimum atomic E-state index is -1.53. The van der Waals surface area contributed by atoms with Crippen LogP contribution in [0.15, 0.2) is 48.6 Å². The molecule has 2 fully saturated rings. The van der Waals surface area contributed by atoms with Gasteiger partial charge in [-0.2, -0.15) is 0 Å². The average molecular weight is 625 g/mol. The molecule has 2 aromatic rings. The van der Waals surface area contributed by atoms with Gasteiger partial charge in [-0.3, -0.25) is 9.52 Å². The van der Waals surface area contributed by atoms with Crippen LogP contribution in [0.2, 0.25) is 5.02 Å². The highest BCUT2D eigenvalue weighted by atomic mass is 35.5. The van der Waals surface area contributed by atoms with Gasteiger partial charge in [0.15, 0.2) is 0 Å². The van der Waals surface area contributed by atoms with E-state index in [9.17, 15) is 14.1 Å². The van der Waals surface area contributed by atoms with Crippen LogP contribution in [0, 0.1) is 17.8 Å². The molecular formula is C35H45ClN2O4S. The van der Waals surface area contributed by atoms with Gasteiger partial charge in [-0.05, 0) is 105 Å². The predicted octanol–water partition coefficient (Wildman–Crippen LogP) is 6.75. The largest absolute Gasteiger partial charge is 0.490 e. The summed E-state index contributed by atoms with van der Waals surface area (Å²) in [5.74, 6) is 1.05. The monoisotopic (exact) mass is 624 g/mol. The number of allylic oxidation sites excluding steroid dienone is 1. The molecule has 0 aromatic heterocycles. The SMILES string of the molecule is C1CC1.CC1C/C=C/C(O)C2CCC2CN2C[C@@]3(CCCc4cc(Cl)ccc43)COc3ccc(cc32)C(=O)NS(=O)C1C. The summed E-state index contributed by atoms with van der Waals surface area (Å²) in [5.41, 5.74) is 3.75. The number of nitrogens with one attached hydrogen (secondary N) is 1. The first-order chi connectivity index (χ1) is 20.7. The van der Waals surface area contributed by atoms with Crippen LogP contribution in [0.3, 0.4) is 0 Å². The van der Waals surface area contributed by atoms with E-state index < -0.39 is 17.1 Å². The molecule has 2 aliphatic heterocycles. The lowest BCUT2D eigenvalue weighted by Gasteiger charge is -2.45. The Balaban J connectivity index is 0.00000103. The van der Waals surface area contributed by atoms with E-state index in [1.807, 2.05) is 44.2 Å². The Morgan fingerprint density at radius 2 is 1.91 bits per heavy atom. The molecule has 6 unspecified atom stereocenters. The lowest BCUT2D eigenvalue weighted by Crippen LogP contribution is -2.49. The number of amides is 1. The minimum Gasteiger partial charge on any atom is -0.490 e. The number of halogens is 1. The molecule has 7 atom stereocenters. The van der Waals surface area contributed by atoms with Gasteiger partial charge in [0.1, 0.15) is 16.7 Å². The third-order valence-corrected chi connectivity index (χ3v) is 12.0. The van der Waals surface area contributed by atoms with E-state index in [4.69, 9.17) is 16.3 Å². The van der Waals surface area contributed by atoms with Crippen LogP contribution in [0.25, 0.3) is 0 Å². The first kappa shape index (κ1) is 30.7. The van der Waals surface area contributed by atoms with Gasteiger partial charge < -0.3 is 14.7 Å². The van der Waals surface area contributed by atoms with Gasteiger partial charge in [0.25, 0.3) is 5.91 Å². The number of aliphatic hydroxyl groups excluding tert-OH is 1. The molecule has 6 nitrogen and oxygen atoms in total. The summed E-state index contributed by atoms with van der Waals surface area (Å²) in [4.78, 5) is 15.7. The second-order valence-electron chi connectivity index (χ2n) is 13.4. The van der Waals surface area contributed by atoms with Crippen LogP contribution < -0.4 is 14.4 Å². The Bertz CT molecular complexity index is 1390. The van der Waals surface area contributed by atoms with Crippen molar-refractivity contribution in [1.29, 1.82) is 0 Å². The number of carbonyl (C=O) groups excluding carboxylic acids is 1. The molecule has 2 aromatic carbocycles. The van der Waals surface area contributed by atoms with Gasteiger partial charge in [-0.15, -0.1) is 0 Å². The number of hydrogen-bond donors (Lipinski definition) is 2. The van der Waals surface area contributed by atoms with Crippen molar-refractivity contribution in [2.45, 2.75) is 88.4 Å². The van der Waals surface area contributed by atoms with Crippen molar-refractivity contribution in [3.05, 3.63) is 70.3 Å². The van der Waals surface area contributed by atoms with E-state index in [2.05, 4.69) is 21.8 Å². The molecule has 8 heteroatoms. The second kappa shape index (κ2) is 12.9. The number of aliphatic hydroxyl groups is 1. The maximum absolute atomic E-state index is 13.3. The molecule has 232 valence electrons. The highest BCUT2D eigenvalue weighted by Crippen LogP contribution is 2.46. The minimum absolute atomic E-state index is 0.0926. The Morgan fingerprint density at radius 3 is 2.65 bits per heavy atom. The van der Waals surface area contributed by atoms with Gasteiger partial charge in [0, 0.05) is 29.1 Å². The third kappa shape index (κ3) is 6.69. The second-order valence-corrected chi connectivity index (χ2v) is 15.4. The van der Waals surface area contributed by atoms with Crippen LogP contribution in [0.4, 0.5) is 5.69 Å². The fourth-order valence-electron chi connectivity index (χ4n) is 7.03. The zero-order chi connectivity index (χ0) is 30.1. The van der Waals surface area contributed by atoms with Crippen molar-refractivity contribution >= 4 is 34.2 Å². The van der Waals surface area contributed by atoms with E-state index in [-0.39, 0.29) is 28.4 Å². The summed E-state index contributed by atoms with van der Waals surface area (Å²) in [5, 5.41) is 11.6. The number of fused-ring (bicyclic) bond motifs is 4. The first-order valence-electron chi connectivity index (χ1n) is 16.1. The Kier molecular flexibility index (Phi) is 9.23. The van der Waals surface area contributed by atoms with Gasteiger partial charge >= 0.3 is 0 Å². The summed E-state index contributed by atoms with van der Waals surface area (Å²) in [7, 11) is -1.53. The zero-order valence-electron chi connectivity index (χ0n) is 25.4. The summed E-state index contributed by atoms with van der Waals surface area (Å²) >= 11 is 6.39. The Labute approximate surface area is 263 Å². The maximum atomic E-state index is 13.3. The van der Waals surface area contributed by atoms with Crippen molar-refractivity contribution < 1.29 is 18.8 Å². The maximum Gasteiger partial charge on any atom is 0.263 e. The van der Waals surface area contributed by atoms with Crippen molar-refractivity contribution in [3.63, 3.8) is 0 Å². The number of carbonyl (C=O) groups is 1. The van der Waals surface area contributed by atoms with Crippen molar-refractivity contribution in [1.82, 2.24) is 4.72 Å². The van der Waals surface area contributed by atoms with Gasteiger partial charge in [-0.25, -0.2) is 4.21 Å². The molecule has 5 aliphatic rings. The van der Waals surface area contributed by atoms with E-state index in [1.54, 1.807) is 6.07 Å². The topological polar surface area (TPSA) is 78.9 Å². The van der Waals surface area contributed by atoms with E-state index in [1.165, 1.54) is 30.4 Å². The molecule has 1 amide bonds. The predicted molar refractivity (Wildman–Crippen MR) is 174 cm³/mol. The zero-order valence-corrected chi connectivity index (χ0v) is 27.0. The number of anilines is 1. The van der Waals surface area contributed by atoms with Crippen LogP contribution in [-0.4, -0.2) is 46.3 Å². The van der Waals surface area contributed by atoms with Crippen molar-refractivity contribution in [2.24, 2.45) is 17.8 Å². The fourth-order valence-corrected chi connectivity index (χ4v) is 8.24. The molecule has 2 heterocycles. The van der Waals surface area contributed by atoms with Crippen molar-refractivity contribution in [3.8, 4) is 5.75 Å². The number of hydrogen-bond acceptors (Lipinski definition) is 5. The van der Waals surface area contributed by atoms with Gasteiger partial charge in [0.05, 0.1) is 23.6 Å². The number of nitrogens with zero attached hydrogens (tertiary/aromatic N) is 1. The number of benzene rings is 2. The molecule has 43 heavy (non-hydrogen) atoms. The molecule has 1 spiro atoms. The number of ether oxygens (including phenoxy) is 1. The molecule has 0 saturated heterocycles. The van der Waals surface area contributed by atoms with E-state index in [0.29, 0.717) is 24.5 Å². The number of aryl methyl sites for hydroxylation is 1. The smallest absolute Gasteiger partial charge is 0.263 e. The highest BCUT2D eigenvalue weighted by Gasteiger charge is 2.44. The molecule has 3 aliphatic carbocycles. The summed E-state index contributed by atoms with van der Waals surface area (Å²) in [6.45, 7) is 6.02. The molecule has 7 rings (SSSR count). The normalized spacial score (nSPS) is 34.1.